The number of hydrogen-bond donors (Lipinski definition) is 2. The molecule has 6 heteroatoms. The molecule has 0 radical (unpaired) electrons. The van der Waals surface area contributed by atoms with Gasteiger partial charge in [-0.05, 0) is 42.0 Å². The Morgan fingerprint density at radius 2 is 1.48 bits per heavy atom. The van der Waals surface area contributed by atoms with E-state index in [1.165, 1.54) is 0 Å². The molecule has 4 rings (SSSR count). The van der Waals surface area contributed by atoms with Gasteiger partial charge >= 0.3 is 0 Å². The van der Waals surface area contributed by atoms with Crippen LogP contribution in [-0.4, -0.2) is 31.4 Å². The third kappa shape index (κ3) is 3.50. The smallest absolute Gasteiger partial charge is 0.162 e. The van der Waals surface area contributed by atoms with Gasteiger partial charge < -0.3 is 24.6 Å². The molecular formula is C23H22N2O4. The summed E-state index contributed by atoms with van der Waals surface area (Å²) < 4.78 is 16.4. The predicted molar refractivity (Wildman–Crippen MR) is 115 cm³/mol. The Labute approximate surface area is 168 Å². The van der Waals surface area contributed by atoms with Crippen molar-refractivity contribution in [3.63, 3.8) is 0 Å². The minimum Gasteiger partial charge on any atom is -0.497 e. The van der Waals surface area contributed by atoms with E-state index in [1.807, 2.05) is 54.6 Å². The first-order chi connectivity index (χ1) is 14.2. The van der Waals surface area contributed by atoms with Crippen molar-refractivity contribution in [2.75, 3.05) is 26.6 Å². The minimum atomic E-state index is 0.00951. The standard InChI is InChI=1S/C23H22N2O4/c1-27-16-8-9-19-17(10-16)23(24-15-6-4-14(13-26)5-7-15)18-11-21(28-2)22(29-3)12-20(18)25-19/h4-12,26H,13H2,1-3H3,(H,24,25). The summed E-state index contributed by atoms with van der Waals surface area (Å²) in [6.45, 7) is 0.00951. The van der Waals surface area contributed by atoms with Gasteiger partial charge in [0.25, 0.3) is 0 Å². The van der Waals surface area contributed by atoms with Gasteiger partial charge in [-0.1, -0.05) is 12.1 Å². The van der Waals surface area contributed by atoms with Crippen LogP contribution in [0, 0.1) is 0 Å². The van der Waals surface area contributed by atoms with Crippen LogP contribution in [0.1, 0.15) is 5.56 Å². The second-order valence-corrected chi connectivity index (χ2v) is 6.57. The van der Waals surface area contributed by atoms with E-state index in [0.29, 0.717) is 11.5 Å². The van der Waals surface area contributed by atoms with Gasteiger partial charge in [0, 0.05) is 22.5 Å². The zero-order valence-electron chi connectivity index (χ0n) is 16.5. The third-order valence-electron chi connectivity index (χ3n) is 4.89. The normalized spacial score (nSPS) is 10.9. The number of fused-ring (bicyclic) bond motifs is 2. The van der Waals surface area contributed by atoms with E-state index in [4.69, 9.17) is 19.2 Å². The summed E-state index contributed by atoms with van der Waals surface area (Å²) >= 11 is 0. The zero-order valence-corrected chi connectivity index (χ0v) is 16.5. The van der Waals surface area contributed by atoms with E-state index in [9.17, 15) is 5.11 Å². The average molecular weight is 390 g/mol. The number of hydrogen-bond acceptors (Lipinski definition) is 6. The highest BCUT2D eigenvalue weighted by Gasteiger charge is 2.15. The maximum absolute atomic E-state index is 9.30. The Bertz CT molecular complexity index is 1170. The minimum absolute atomic E-state index is 0.00951. The van der Waals surface area contributed by atoms with E-state index in [1.54, 1.807) is 21.3 Å². The van der Waals surface area contributed by atoms with Crippen LogP contribution in [0.2, 0.25) is 0 Å². The Hall–Kier alpha value is -3.51. The van der Waals surface area contributed by atoms with Crippen LogP contribution in [0.15, 0.2) is 54.6 Å². The van der Waals surface area contributed by atoms with Crippen molar-refractivity contribution in [2.24, 2.45) is 0 Å². The number of nitrogens with one attached hydrogen (secondary N) is 1. The molecule has 0 aliphatic heterocycles. The lowest BCUT2D eigenvalue weighted by Gasteiger charge is -2.16. The lowest BCUT2D eigenvalue weighted by atomic mass is 10.1. The number of benzene rings is 3. The second-order valence-electron chi connectivity index (χ2n) is 6.57. The van der Waals surface area contributed by atoms with Gasteiger partial charge in [0.2, 0.25) is 0 Å². The van der Waals surface area contributed by atoms with Gasteiger partial charge in [0.05, 0.1) is 44.7 Å². The molecule has 3 aromatic carbocycles. The molecule has 0 amide bonds. The van der Waals surface area contributed by atoms with Gasteiger partial charge in [-0.15, -0.1) is 0 Å². The van der Waals surface area contributed by atoms with Crippen LogP contribution >= 0.6 is 0 Å². The summed E-state index contributed by atoms with van der Waals surface area (Å²) in [6.07, 6.45) is 0. The number of rotatable bonds is 6. The first-order valence-electron chi connectivity index (χ1n) is 9.17. The number of nitrogens with zero attached hydrogens (tertiary/aromatic N) is 1. The number of methoxy groups -OCH3 is 3. The number of anilines is 2. The number of aliphatic hydroxyl groups excluding tert-OH is 1. The van der Waals surface area contributed by atoms with E-state index in [-0.39, 0.29) is 6.61 Å². The summed E-state index contributed by atoms with van der Waals surface area (Å²) in [5.41, 5.74) is 4.26. The molecule has 4 aromatic rings. The van der Waals surface area contributed by atoms with Crippen LogP contribution in [0.4, 0.5) is 11.4 Å². The maximum atomic E-state index is 9.30. The maximum Gasteiger partial charge on any atom is 0.162 e. The first kappa shape index (κ1) is 18.8. The highest BCUT2D eigenvalue weighted by Crippen LogP contribution is 2.40. The van der Waals surface area contributed by atoms with E-state index in [2.05, 4.69) is 5.32 Å². The van der Waals surface area contributed by atoms with Crippen LogP contribution in [-0.2, 0) is 6.61 Å². The SMILES string of the molecule is COc1ccc2nc3cc(OC)c(OC)cc3c(Nc3ccc(CO)cc3)c2c1. The largest absolute Gasteiger partial charge is 0.497 e. The van der Waals surface area contributed by atoms with E-state index in [0.717, 1.165) is 44.5 Å². The molecule has 6 nitrogen and oxygen atoms in total. The molecule has 0 aliphatic carbocycles. The molecule has 0 fully saturated rings. The molecule has 0 spiro atoms. The molecule has 0 saturated carbocycles. The number of aromatic nitrogens is 1. The quantitative estimate of drug-likeness (QED) is 0.467. The molecule has 0 aliphatic rings. The molecule has 0 atom stereocenters. The molecule has 148 valence electrons. The fraction of sp³-hybridized carbons (Fsp3) is 0.174. The number of ether oxygens (including phenoxy) is 3. The van der Waals surface area contributed by atoms with Crippen LogP contribution in [0.5, 0.6) is 17.2 Å². The summed E-state index contributed by atoms with van der Waals surface area (Å²) in [5.74, 6) is 2.00. The van der Waals surface area contributed by atoms with Gasteiger partial charge in [-0.3, -0.25) is 0 Å². The molecule has 1 aromatic heterocycles. The van der Waals surface area contributed by atoms with Crippen molar-refractivity contribution in [3.8, 4) is 17.2 Å². The van der Waals surface area contributed by atoms with E-state index < -0.39 is 0 Å². The Kier molecular flexibility index (Phi) is 5.10. The summed E-state index contributed by atoms with van der Waals surface area (Å²) in [5, 5.41) is 14.6. The van der Waals surface area contributed by atoms with Gasteiger partial charge in [0.1, 0.15) is 5.75 Å². The Balaban J connectivity index is 1.98. The second kappa shape index (κ2) is 7.85. The molecule has 1 heterocycles. The Morgan fingerprint density at radius 1 is 0.793 bits per heavy atom. The lowest BCUT2D eigenvalue weighted by Crippen LogP contribution is -1.98. The molecule has 0 unspecified atom stereocenters. The number of pyridine rings is 1. The summed E-state index contributed by atoms with van der Waals surface area (Å²) in [6, 6.07) is 17.2. The lowest BCUT2D eigenvalue weighted by molar-refractivity contribution is 0.282. The first-order valence-corrected chi connectivity index (χ1v) is 9.17. The topological polar surface area (TPSA) is 72.8 Å². The van der Waals surface area contributed by atoms with Gasteiger partial charge in [0.15, 0.2) is 11.5 Å². The zero-order chi connectivity index (χ0) is 20.4. The van der Waals surface area contributed by atoms with Crippen molar-refractivity contribution in [1.82, 2.24) is 4.98 Å². The van der Waals surface area contributed by atoms with E-state index >= 15 is 0 Å². The van der Waals surface area contributed by atoms with Crippen molar-refractivity contribution >= 4 is 33.2 Å². The van der Waals surface area contributed by atoms with Crippen molar-refractivity contribution in [1.29, 1.82) is 0 Å². The molecular weight excluding hydrogens is 368 g/mol. The van der Waals surface area contributed by atoms with Gasteiger partial charge in [-0.2, -0.15) is 0 Å². The summed E-state index contributed by atoms with van der Waals surface area (Å²) in [4.78, 5) is 4.80. The Morgan fingerprint density at radius 3 is 2.14 bits per heavy atom. The fourth-order valence-electron chi connectivity index (χ4n) is 3.35. The van der Waals surface area contributed by atoms with Crippen LogP contribution in [0.25, 0.3) is 21.8 Å². The molecule has 2 N–H and O–H groups in total. The van der Waals surface area contributed by atoms with Crippen molar-refractivity contribution in [3.05, 3.63) is 60.2 Å². The third-order valence-corrected chi connectivity index (χ3v) is 4.89. The van der Waals surface area contributed by atoms with Gasteiger partial charge in [-0.25, -0.2) is 4.98 Å². The van der Waals surface area contributed by atoms with Crippen molar-refractivity contribution < 1.29 is 19.3 Å². The molecule has 0 bridgehead atoms. The fourth-order valence-corrected chi connectivity index (χ4v) is 3.35. The average Bonchev–Trinajstić information content (AvgIpc) is 2.78. The highest BCUT2D eigenvalue weighted by atomic mass is 16.5. The summed E-state index contributed by atoms with van der Waals surface area (Å²) in [7, 11) is 4.86. The molecule has 29 heavy (non-hydrogen) atoms. The van der Waals surface area contributed by atoms with Crippen LogP contribution in [0.3, 0.4) is 0 Å². The monoisotopic (exact) mass is 390 g/mol. The number of aliphatic hydroxyl groups is 1. The molecule has 0 saturated heterocycles. The predicted octanol–water partition coefficient (Wildman–Crippen LogP) is 4.65. The van der Waals surface area contributed by atoms with Crippen molar-refractivity contribution in [2.45, 2.75) is 6.61 Å². The van der Waals surface area contributed by atoms with Crippen LogP contribution < -0.4 is 19.5 Å². The highest BCUT2D eigenvalue weighted by molar-refractivity contribution is 6.09.